The molecule has 0 atom stereocenters. The van der Waals surface area contributed by atoms with Crippen LogP contribution in [0.4, 0.5) is 23.1 Å². The molecule has 4 rings (SSSR count). The lowest BCUT2D eigenvalue weighted by atomic mass is 10.2. The monoisotopic (exact) mass is 411 g/mol. The molecule has 1 aromatic carbocycles. The summed E-state index contributed by atoms with van der Waals surface area (Å²) in [5, 5.41) is 17.7. The van der Waals surface area contributed by atoms with Crippen LogP contribution < -0.4 is 10.6 Å². The summed E-state index contributed by atoms with van der Waals surface area (Å²) in [6, 6.07) is 8.44. The standard InChI is InChI=1S/C21H29N7O2/c1-26-10-12-27(13-11-26)15-16-6-8-18(9-7-16)24-21-22-14-19(28(29)30)20(25-21)23-17-4-2-3-5-17/h6-9,14,17H,2-5,10-13,15H2,1H3,(H2,22,23,24,25). The average molecular weight is 412 g/mol. The third-order valence-electron chi connectivity index (χ3n) is 5.87. The number of aromatic nitrogens is 2. The normalized spacial score (nSPS) is 18.4. The van der Waals surface area contributed by atoms with Gasteiger partial charge in [0.2, 0.25) is 11.8 Å². The molecule has 9 heteroatoms. The number of piperazine rings is 1. The van der Waals surface area contributed by atoms with E-state index in [0.717, 1.165) is 64.1 Å². The van der Waals surface area contributed by atoms with Crippen LogP contribution in [0.15, 0.2) is 30.5 Å². The van der Waals surface area contributed by atoms with Crippen LogP contribution in [0.3, 0.4) is 0 Å². The summed E-state index contributed by atoms with van der Waals surface area (Å²) >= 11 is 0. The zero-order chi connectivity index (χ0) is 20.9. The minimum atomic E-state index is -0.436. The van der Waals surface area contributed by atoms with E-state index in [1.165, 1.54) is 11.8 Å². The Morgan fingerprint density at radius 2 is 1.83 bits per heavy atom. The molecule has 1 saturated carbocycles. The highest BCUT2D eigenvalue weighted by Gasteiger charge is 2.22. The highest BCUT2D eigenvalue weighted by Crippen LogP contribution is 2.28. The molecule has 1 aliphatic heterocycles. The second-order valence-electron chi connectivity index (χ2n) is 8.21. The number of nitrogens with one attached hydrogen (secondary N) is 2. The summed E-state index contributed by atoms with van der Waals surface area (Å²) in [6.45, 7) is 5.33. The van der Waals surface area contributed by atoms with Gasteiger partial charge in [-0.05, 0) is 37.6 Å². The molecule has 0 unspecified atom stereocenters. The van der Waals surface area contributed by atoms with E-state index in [1.807, 2.05) is 12.1 Å². The fourth-order valence-electron chi connectivity index (χ4n) is 4.03. The van der Waals surface area contributed by atoms with Crippen LogP contribution >= 0.6 is 0 Å². The van der Waals surface area contributed by atoms with Gasteiger partial charge in [0.05, 0.1) is 4.92 Å². The summed E-state index contributed by atoms with van der Waals surface area (Å²) < 4.78 is 0. The Hall–Kier alpha value is -2.78. The second-order valence-corrected chi connectivity index (χ2v) is 8.21. The van der Waals surface area contributed by atoms with Crippen molar-refractivity contribution in [2.45, 2.75) is 38.3 Å². The molecule has 1 saturated heterocycles. The first kappa shape index (κ1) is 20.5. The molecular weight excluding hydrogens is 382 g/mol. The molecule has 0 amide bonds. The number of anilines is 3. The van der Waals surface area contributed by atoms with Gasteiger partial charge in [-0.3, -0.25) is 15.0 Å². The largest absolute Gasteiger partial charge is 0.361 e. The summed E-state index contributed by atoms with van der Waals surface area (Å²) in [5.41, 5.74) is 2.03. The van der Waals surface area contributed by atoms with Crippen LogP contribution in [-0.4, -0.2) is 64.0 Å². The molecule has 0 radical (unpaired) electrons. The molecule has 1 aliphatic carbocycles. The van der Waals surface area contributed by atoms with Crippen molar-refractivity contribution < 1.29 is 4.92 Å². The van der Waals surface area contributed by atoms with E-state index in [-0.39, 0.29) is 17.5 Å². The Morgan fingerprint density at radius 1 is 1.13 bits per heavy atom. The number of nitro groups is 1. The molecule has 160 valence electrons. The molecule has 0 spiro atoms. The predicted octanol–water partition coefficient (Wildman–Crippen LogP) is 3.23. The maximum absolute atomic E-state index is 11.3. The summed E-state index contributed by atoms with van der Waals surface area (Å²) in [5.74, 6) is 0.643. The van der Waals surface area contributed by atoms with E-state index in [1.54, 1.807) is 0 Å². The van der Waals surface area contributed by atoms with Crippen molar-refractivity contribution in [3.05, 3.63) is 46.1 Å². The predicted molar refractivity (Wildman–Crippen MR) is 117 cm³/mol. The van der Waals surface area contributed by atoms with Crippen LogP contribution in [-0.2, 0) is 6.54 Å². The Kier molecular flexibility index (Phi) is 6.39. The molecule has 2 fully saturated rings. The Balaban J connectivity index is 1.41. The van der Waals surface area contributed by atoms with Crippen LogP contribution in [0.2, 0.25) is 0 Å². The lowest BCUT2D eigenvalue weighted by Gasteiger charge is -2.32. The van der Waals surface area contributed by atoms with Crippen molar-refractivity contribution in [2.75, 3.05) is 43.9 Å². The molecule has 0 bridgehead atoms. The van der Waals surface area contributed by atoms with Crippen LogP contribution in [0.25, 0.3) is 0 Å². The van der Waals surface area contributed by atoms with E-state index in [0.29, 0.717) is 5.95 Å². The molecule has 1 aromatic heterocycles. The number of hydrogen-bond donors (Lipinski definition) is 2. The van der Waals surface area contributed by atoms with Crippen molar-refractivity contribution in [1.82, 2.24) is 19.8 Å². The number of hydrogen-bond acceptors (Lipinski definition) is 8. The summed E-state index contributed by atoms with van der Waals surface area (Å²) in [4.78, 5) is 24.2. The quantitative estimate of drug-likeness (QED) is 0.529. The van der Waals surface area contributed by atoms with Crippen molar-refractivity contribution in [3.8, 4) is 0 Å². The van der Waals surface area contributed by atoms with Gasteiger partial charge < -0.3 is 15.5 Å². The highest BCUT2D eigenvalue weighted by atomic mass is 16.6. The minimum Gasteiger partial charge on any atom is -0.361 e. The van der Waals surface area contributed by atoms with Crippen molar-refractivity contribution >= 4 is 23.1 Å². The molecule has 2 aliphatic rings. The minimum absolute atomic E-state index is 0.0880. The first-order chi connectivity index (χ1) is 14.6. The lowest BCUT2D eigenvalue weighted by Crippen LogP contribution is -2.43. The van der Waals surface area contributed by atoms with Gasteiger partial charge in [0.25, 0.3) is 0 Å². The van der Waals surface area contributed by atoms with E-state index in [4.69, 9.17) is 0 Å². The van der Waals surface area contributed by atoms with Gasteiger partial charge in [-0.1, -0.05) is 25.0 Å². The number of likely N-dealkylation sites (N-methyl/N-ethyl adjacent to an activating group) is 1. The Bertz CT molecular complexity index is 860. The number of benzene rings is 1. The van der Waals surface area contributed by atoms with Crippen LogP contribution in [0, 0.1) is 10.1 Å². The van der Waals surface area contributed by atoms with Gasteiger partial charge in [0, 0.05) is 44.5 Å². The van der Waals surface area contributed by atoms with Gasteiger partial charge in [0.15, 0.2) is 0 Å². The smallest absolute Gasteiger partial charge is 0.329 e. The van der Waals surface area contributed by atoms with Crippen molar-refractivity contribution in [3.63, 3.8) is 0 Å². The van der Waals surface area contributed by atoms with Gasteiger partial charge in [-0.25, -0.2) is 4.98 Å². The first-order valence-electron chi connectivity index (χ1n) is 10.6. The van der Waals surface area contributed by atoms with Gasteiger partial charge in [0.1, 0.15) is 6.20 Å². The second kappa shape index (κ2) is 9.36. The number of nitrogens with zero attached hydrogens (tertiary/aromatic N) is 5. The third-order valence-corrected chi connectivity index (χ3v) is 5.87. The number of rotatable bonds is 7. The first-order valence-corrected chi connectivity index (χ1v) is 10.6. The molecule has 2 heterocycles. The summed E-state index contributed by atoms with van der Waals surface area (Å²) in [7, 11) is 2.16. The molecule has 2 aromatic rings. The highest BCUT2D eigenvalue weighted by molar-refractivity contribution is 5.61. The van der Waals surface area contributed by atoms with E-state index in [9.17, 15) is 10.1 Å². The zero-order valence-electron chi connectivity index (χ0n) is 17.4. The van der Waals surface area contributed by atoms with Crippen LogP contribution in [0.1, 0.15) is 31.2 Å². The Labute approximate surface area is 176 Å². The van der Waals surface area contributed by atoms with Gasteiger partial charge >= 0.3 is 5.69 Å². The molecule has 9 nitrogen and oxygen atoms in total. The maximum atomic E-state index is 11.3. The topological polar surface area (TPSA) is 99.5 Å². The zero-order valence-corrected chi connectivity index (χ0v) is 17.4. The molecular formula is C21H29N7O2. The lowest BCUT2D eigenvalue weighted by molar-refractivity contribution is -0.384. The van der Waals surface area contributed by atoms with Crippen LogP contribution in [0.5, 0.6) is 0 Å². The van der Waals surface area contributed by atoms with E-state index in [2.05, 4.69) is 49.6 Å². The van der Waals surface area contributed by atoms with Gasteiger partial charge in [-0.2, -0.15) is 4.98 Å². The fourth-order valence-corrected chi connectivity index (χ4v) is 4.03. The average Bonchev–Trinajstić information content (AvgIpc) is 3.24. The summed E-state index contributed by atoms with van der Waals surface area (Å²) in [6.07, 6.45) is 5.58. The SMILES string of the molecule is CN1CCN(Cc2ccc(Nc3ncc([N+](=O)[O-])c(NC4CCCC4)n3)cc2)CC1. The van der Waals surface area contributed by atoms with E-state index < -0.39 is 4.92 Å². The molecule has 30 heavy (non-hydrogen) atoms. The van der Waals surface area contributed by atoms with Crippen molar-refractivity contribution in [2.24, 2.45) is 0 Å². The maximum Gasteiger partial charge on any atom is 0.329 e. The van der Waals surface area contributed by atoms with Gasteiger partial charge in [-0.15, -0.1) is 0 Å². The van der Waals surface area contributed by atoms with E-state index >= 15 is 0 Å². The fraction of sp³-hybridized carbons (Fsp3) is 0.524. The van der Waals surface area contributed by atoms with Crippen molar-refractivity contribution in [1.29, 1.82) is 0 Å². The third kappa shape index (κ3) is 5.22. The molecule has 2 N–H and O–H groups in total. The Morgan fingerprint density at radius 3 is 2.50 bits per heavy atom.